The molecule has 1 aromatic heterocycles. The summed E-state index contributed by atoms with van der Waals surface area (Å²) in [6.45, 7) is 3.83. The first-order valence-electron chi connectivity index (χ1n) is 7.42. The first-order valence-corrected chi connectivity index (χ1v) is 7.42. The Bertz CT molecular complexity index is 670. The van der Waals surface area contributed by atoms with Gasteiger partial charge in [0, 0.05) is 33.1 Å². The van der Waals surface area contributed by atoms with E-state index < -0.39 is 5.82 Å². The number of rotatable bonds is 6. The Kier molecular flexibility index (Phi) is 5.90. The molecule has 0 aliphatic carbocycles. The van der Waals surface area contributed by atoms with Crippen LogP contribution in [-0.4, -0.2) is 39.4 Å². The van der Waals surface area contributed by atoms with Gasteiger partial charge in [-0.1, -0.05) is 13.0 Å². The molecule has 124 valence electrons. The minimum absolute atomic E-state index is 0.350. The molecular weight excluding hydrogens is 299 g/mol. The highest BCUT2D eigenvalue weighted by Crippen LogP contribution is 2.15. The number of aromatic hydroxyl groups is 1. The molecule has 23 heavy (non-hydrogen) atoms. The minimum atomic E-state index is -0.632. The molecule has 7 nitrogen and oxygen atoms in total. The average Bonchev–Trinajstić information content (AvgIpc) is 3.01. The highest BCUT2D eigenvalue weighted by Gasteiger charge is 2.04. The zero-order valence-electron chi connectivity index (χ0n) is 13.3. The van der Waals surface area contributed by atoms with E-state index in [9.17, 15) is 9.50 Å². The van der Waals surface area contributed by atoms with E-state index in [0.717, 1.165) is 24.4 Å². The number of phenols is 1. The van der Waals surface area contributed by atoms with Gasteiger partial charge in [0.25, 0.3) is 0 Å². The van der Waals surface area contributed by atoms with Gasteiger partial charge < -0.3 is 20.3 Å². The second-order valence-electron chi connectivity index (χ2n) is 4.93. The molecule has 0 radical (unpaired) electrons. The lowest BCUT2D eigenvalue weighted by Crippen LogP contribution is -2.38. The number of benzene rings is 1. The number of phenolic OH excluding ortho intramolecular Hbond substituents is 1. The molecule has 1 heterocycles. The van der Waals surface area contributed by atoms with Crippen LogP contribution in [0.15, 0.2) is 29.5 Å². The van der Waals surface area contributed by atoms with E-state index in [1.807, 2.05) is 11.5 Å². The lowest BCUT2D eigenvalue weighted by atomic mass is 10.2. The Morgan fingerprint density at radius 1 is 1.39 bits per heavy atom. The van der Waals surface area contributed by atoms with Crippen LogP contribution in [0.25, 0.3) is 0 Å². The monoisotopic (exact) mass is 320 g/mol. The Hall–Kier alpha value is -2.64. The fraction of sp³-hybridized carbons (Fsp3) is 0.400. The third-order valence-electron chi connectivity index (χ3n) is 3.35. The molecule has 0 spiro atoms. The van der Waals surface area contributed by atoms with Gasteiger partial charge in [-0.05, 0) is 17.7 Å². The summed E-state index contributed by atoms with van der Waals surface area (Å²) < 4.78 is 15.3. The van der Waals surface area contributed by atoms with Crippen molar-refractivity contribution in [1.29, 1.82) is 0 Å². The van der Waals surface area contributed by atoms with Gasteiger partial charge in [-0.2, -0.15) is 0 Å². The second-order valence-corrected chi connectivity index (χ2v) is 4.93. The third-order valence-corrected chi connectivity index (χ3v) is 3.35. The van der Waals surface area contributed by atoms with E-state index in [1.165, 1.54) is 12.1 Å². The molecule has 3 N–H and O–H groups in total. The molecule has 0 amide bonds. The summed E-state index contributed by atoms with van der Waals surface area (Å²) in [5.41, 5.74) is 0.718. The topological polar surface area (TPSA) is 87.4 Å². The van der Waals surface area contributed by atoms with Crippen LogP contribution in [0.3, 0.4) is 0 Å². The molecular formula is C15H21FN6O. The highest BCUT2D eigenvalue weighted by molar-refractivity contribution is 5.79. The van der Waals surface area contributed by atoms with Gasteiger partial charge in [-0.25, -0.2) is 4.39 Å². The van der Waals surface area contributed by atoms with Crippen molar-refractivity contribution in [1.82, 2.24) is 25.4 Å². The second kappa shape index (κ2) is 8.11. The number of aryl methyl sites for hydroxylation is 1. The summed E-state index contributed by atoms with van der Waals surface area (Å²) in [5.74, 6) is 0.572. The van der Waals surface area contributed by atoms with Crippen molar-refractivity contribution in [3.8, 4) is 5.75 Å². The largest absolute Gasteiger partial charge is 0.505 e. The Balaban J connectivity index is 1.80. The van der Waals surface area contributed by atoms with E-state index in [0.29, 0.717) is 19.0 Å². The molecule has 0 fully saturated rings. The van der Waals surface area contributed by atoms with Crippen LogP contribution in [0.5, 0.6) is 5.75 Å². The summed E-state index contributed by atoms with van der Waals surface area (Å²) >= 11 is 0. The maximum Gasteiger partial charge on any atom is 0.191 e. The summed E-state index contributed by atoms with van der Waals surface area (Å²) in [6, 6.07) is 4.28. The van der Waals surface area contributed by atoms with Gasteiger partial charge in [-0.15, -0.1) is 10.2 Å². The summed E-state index contributed by atoms with van der Waals surface area (Å²) in [6.07, 6.45) is 2.54. The van der Waals surface area contributed by atoms with E-state index in [1.54, 1.807) is 19.4 Å². The summed E-state index contributed by atoms with van der Waals surface area (Å²) in [5, 5.41) is 23.4. The van der Waals surface area contributed by atoms with Crippen LogP contribution < -0.4 is 10.6 Å². The molecule has 0 bridgehead atoms. The van der Waals surface area contributed by atoms with Crippen molar-refractivity contribution in [3.05, 3.63) is 41.7 Å². The third kappa shape index (κ3) is 4.67. The van der Waals surface area contributed by atoms with Crippen LogP contribution in [0.2, 0.25) is 0 Å². The van der Waals surface area contributed by atoms with Crippen LogP contribution in [0.1, 0.15) is 18.3 Å². The number of hydrogen-bond donors (Lipinski definition) is 3. The predicted molar refractivity (Wildman–Crippen MR) is 85.7 cm³/mol. The predicted octanol–water partition coefficient (Wildman–Crippen LogP) is 1.05. The van der Waals surface area contributed by atoms with Crippen molar-refractivity contribution < 1.29 is 9.50 Å². The van der Waals surface area contributed by atoms with E-state index in [4.69, 9.17) is 0 Å². The summed E-state index contributed by atoms with van der Waals surface area (Å²) in [4.78, 5) is 4.12. The normalized spacial score (nSPS) is 11.5. The number of nitrogens with zero attached hydrogens (tertiary/aromatic N) is 4. The number of hydrogen-bond acceptors (Lipinski definition) is 4. The van der Waals surface area contributed by atoms with Crippen molar-refractivity contribution in [2.45, 2.75) is 26.4 Å². The van der Waals surface area contributed by atoms with E-state index in [-0.39, 0.29) is 5.75 Å². The van der Waals surface area contributed by atoms with Gasteiger partial charge in [0.2, 0.25) is 0 Å². The van der Waals surface area contributed by atoms with Gasteiger partial charge >= 0.3 is 0 Å². The number of aromatic nitrogens is 3. The molecule has 2 rings (SSSR count). The van der Waals surface area contributed by atoms with Crippen LogP contribution in [0.4, 0.5) is 4.39 Å². The van der Waals surface area contributed by atoms with Gasteiger partial charge in [0.05, 0.1) is 0 Å². The molecule has 0 aliphatic rings. The number of guanidine groups is 1. The van der Waals surface area contributed by atoms with E-state index >= 15 is 0 Å². The van der Waals surface area contributed by atoms with Crippen molar-refractivity contribution in [2.75, 3.05) is 13.6 Å². The summed E-state index contributed by atoms with van der Waals surface area (Å²) in [7, 11) is 1.67. The number of aliphatic imine (C=N–C) groups is 1. The molecule has 2 aromatic rings. The first-order chi connectivity index (χ1) is 11.1. The van der Waals surface area contributed by atoms with Crippen LogP contribution in [0, 0.1) is 5.82 Å². The molecule has 0 saturated carbocycles. The average molecular weight is 320 g/mol. The molecule has 0 atom stereocenters. The Labute approximate surface area is 134 Å². The Morgan fingerprint density at radius 3 is 2.91 bits per heavy atom. The number of nitrogens with one attached hydrogen (secondary N) is 2. The molecule has 0 unspecified atom stereocenters. The molecule has 1 aromatic carbocycles. The number of halogens is 1. The van der Waals surface area contributed by atoms with Gasteiger partial charge in [-0.3, -0.25) is 4.99 Å². The maximum atomic E-state index is 13.3. The smallest absolute Gasteiger partial charge is 0.191 e. The SMILES string of the molecule is CCc1nncn1CCNC(=NC)NCc1ccc(O)c(F)c1. The zero-order chi connectivity index (χ0) is 16.7. The minimum Gasteiger partial charge on any atom is -0.505 e. The highest BCUT2D eigenvalue weighted by atomic mass is 19.1. The Morgan fingerprint density at radius 2 is 2.22 bits per heavy atom. The van der Waals surface area contributed by atoms with Gasteiger partial charge in [0.15, 0.2) is 17.5 Å². The molecule has 0 saturated heterocycles. The molecule has 0 aliphatic heterocycles. The van der Waals surface area contributed by atoms with Gasteiger partial charge in [0.1, 0.15) is 12.2 Å². The van der Waals surface area contributed by atoms with Crippen molar-refractivity contribution in [2.24, 2.45) is 4.99 Å². The van der Waals surface area contributed by atoms with Crippen molar-refractivity contribution >= 4 is 5.96 Å². The molecule has 8 heteroatoms. The first kappa shape index (κ1) is 16.7. The lowest BCUT2D eigenvalue weighted by molar-refractivity contribution is 0.431. The standard InChI is InChI=1S/C15H21FN6O/c1-3-14-21-20-10-22(14)7-6-18-15(17-2)19-9-11-4-5-13(23)12(16)8-11/h4-5,8,10,23H,3,6-7,9H2,1-2H3,(H2,17,18,19). The fourth-order valence-electron chi connectivity index (χ4n) is 2.10. The van der Waals surface area contributed by atoms with Crippen LogP contribution >= 0.6 is 0 Å². The van der Waals surface area contributed by atoms with E-state index in [2.05, 4.69) is 25.8 Å². The fourth-order valence-corrected chi connectivity index (χ4v) is 2.10. The zero-order valence-corrected chi connectivity index (χ0v) is 13.3. The quantitative estimate of drug-likeness (QED) is 0.547. The van der Waals surface area contributed by atoms with Crippen molar-refractivity contribution in [3.63, 3.8) is 0 Å². The maximum absolute atomic E-state index is 13.3. The van der Waals surface area contributed by atoms with Crippen LogP contribution in [-0.2, 0) is 19.5 Å². The lowest BCUT2D eigenvalue weighted by Gasteiger charge is -2.13.